The van der Waals surface area contributed by atoms with Crippen molar-refractivity contribution in [2.24, 2.45) is 5.41 Å². The van der Waals surface area contributed by atoms with Crippen LogP contribution >= 0.6 is 0 Å². The highest BCUT2D eigenvalue weighted by molar-refractivity contribution is 5.79. The topological polar surface area (TPSA) is 26.8 Å². The van der Waals surface area contributed by atoms with E-state index in [1.807, 2.05) is 0 Å². The van der Waals surface area contributed by atoms with Gasteiger partial charge in [-0.05, 0) is 52.2 Å². The van der Waals surface area contributed by atoms with E-state index in [1.54, 1.807) is 0 Å². The second-order valence-electron chi connectivity index (χ2n) is 8.40. The first kappa shape index (κ1) is 14.9. The summed E-state index contributed by atoms with van der Waals surface area (Å²) in [5.74, 6) is 0.413. The molecule has 4 atom stereocenters. The van der Waals surface area contributed by atoms with Crippen LogP contribution in [0.25, 0.3) is 0 Å². The lowest BCUT2D eigenvalue weighted by Gasteiger charge is -2.44. The Morgan fingerprint density at radius 2 is 1.77 bits per heavy atom. The largest absolute Gasteiger partial charge is 0.334 e. The number of hydrogen-bond acceptors (Lipinski definition) is 3. The van der Waals surface area contributed by atoms with Crippen LogP contribution in [0.15, 0.2) is 0 Å². The molecular weight excluding hydrogens is 274 g/mol. The average Bonchev–Trinajstić information content (AvgIpc) is 3.00. The predicted molar refractivity (Wildman–Crippen MR) is 87.7 cm³/mol. The van der Waals surface area contributed by atoms with Crippen LogP contribution < -0.4 is 0 Å². The van der Waals surface area contributed by atoms with Gasteiger partial charge < -0.3 is 9.80 Å². The SMILES string of the molecule is CN1C[C@@H]2C[C@@]3(C)[C@H](CCCC[C@@H]13)N2C(=O)CN1CCCC1. The van der Waals surface area contributed by atoms with E-state index in [0.717, 1.165) is 19.6 Å². The standard InChI is InChI=1S/C18H31N3O/c1-18-11-14-12-19(2)15(18)7-3-4-8-16(18)21(14)17(22)13-20-9-5-6-10-20/h14-16H,3-13H2,1-2H3/t14-,15+,16-,18+/m0/s1. The Balaban J connectivity index is 1.58. The molecule has 4 fully saturated rings. The summed E-state index contributed by atoms with van der Waals surface area (Å²) in [6.07, 6.45) is 8.95. The van der Waals surface area contributed by atoms with Crippen molar-refractivity contribution in [3.63, 3.8) is 0 Å². The van der Waals surface area contributed by atoms with Crippen molar-refractivity contribution in [3.8, 4) is 0 Å². The Kier molecular flexibility index (Phi) is 3.73. The monoisotopic (exact) mass is 305 g/mol. The first-order valence-electron chi connectivity index (χ1n) is 9.33. The summed E-state index contributed by atoms with van der Waals surface area (Å²) in [4.78, 5) is 20.3. The molecule has 2 bridgehead atoms. The van der Waals surface area contributed by atoms with E-state index in [9.17, 15) is 4.79 Å². The number of hydrogen-bond donors (Lipinski definition) is 0. The molecule has 0 aromatic heterocycles. The average molecular weight is 305 g/mol. The molecule has 3 heterocycles. The molecule has 3 saturated heterocycles. The predicted octanol–water partition coefficient (Wildman–Crippen LogP) is 1.95. The normalized spacial score (nSPS) is 42.6. The number of carbonyl (C=O) groups is 1. The maximum absolute atomic E-state index is 13.1. The van der Waals surface area contributed by atoms with Crippen molar-refractivity contribution >= 4 is 5.91 Å². The lowest BCUT2D eigenvalue weighted by molar-refractivity contribution is -0.135. The van der Waals surface area contributed by atoms with E-state index in [-0.39, 0.29) is 0 Å². The number of carbonyl (C=O) groups excluding carboxylic acids is 1. The zero-order valence-corrected chi connectivity index (χ0v) is 14.3. The van der Waals surface area contributed by atoms with E-state index in [2.05, 4.69) is 28.7 Å². The van der Waals surface area contributed by atoms with Gasteiger partial charge >= 0.3 is 0 Å². The maximum Gasteiger partial charge on any atom is 0.237 e. The molecule has 1 amide bonds. The van der Waals surface area contributed by atoms with Crippen LogP contribution in [0.4, 0.5) is 0 Å². The number of likely N-dealkylation sites (N-methyl/N-ethyl adjacent to an activating group) is 1. The van der Waals surface area contributed by atoms with Crippen LogP contribution in [0, 0.1) is 5.41 Å². The Morgan fingerprint density at radius 1 is 1.09 bits per heavy atom. The first-order chi connectivity index (χ1) is 10.6. The number of rotatable bonds is 2. The summed E-state index contributed by atoms with van der Waals surface area (Å²) in [6.45, 7) is 6.46. The molecule has 22 heavy (non-hydrogen) atoms. The Morgan fingerprint density at radius 3 is 2.50 bits per heavy atom. The van der Waals surface area contributed by atoms with Crippen LogP contribution in [0.5, 0.6) is 0 Å². The van der Waals surface area contributed by atoms with Crippen LogP contribution in [0.2, 0.25) is 0 Å². The molecule has 0 radical (unpaired) electrons. The quantitative estimate of drug-likeness (QED) is 0.780. The Hall–Kier alpha value is -0.610. The summed E-state index contributed by atoms with van der Waals surface area (Å²) in [5, 5.41) is 0. The molecule has 1 saturated carbocycles. The minimum absolute atomic E-state index is 0.328. The van der Waals surface area contributed by atoms with Gasteiger partial charge in [0.25, 0.3) is 0 Å². The van der Waals surface area contributed by atoms with E-state index in [4.69, 9.17) is 0 Å². The van der Waals surface area contributed by atoms with Crippen molar-refractivity contribution in [3.05, 3.63) is 0 Å². The summed E-state index contributed by atoms with van der Waals surface area (Å²) >= 11 is 0. The van der Waals surface area contributed by atoms with Gasteiger partial charge in [-0.2, -0.15) is 0 Å². The summed E-state index contributed by atoms with van der Waals surface area (Å²) in [7, 11) is 2.28. The molecule has 0 aromatic rings. The third kappa shape index (κ3) is 2.22. The molecule has 0 unspecified atom stereocenters. The summed E-state index contributed by atoms with van der Waals surface area (Å²) in [5.41, 5.74) is 0.328. The third-order valence-electron chi connectivity index (χ3n) is 7.01. The number of fused-ring (bicyclic) bond motifs is 1. The van der Waals surface area contributed by atoms with Gasteiger partial charge in [0.15, 0.2) is 0 Å². The van der Waals surface area contributed by atoms with Crippen molar-refractivity contribution in [2.75, 3.05) is 33.2 Å². The summed E-state index contributed by atoms with van der Waals surface area (Å²) in [6, 6.07) is 1.63. The number of piperidine rings is 1. The smallest absolute Gasteiger partial charge is 0.237 e. The van der Waals surface area contributed by atoms with E-state index >= 15 is 0 Å². The second-order valence-corrected chi connectivity index (χ2v) is 8.40. The van der Waals surface area contributed by atoms with Gasteiger partial charge in [0, 0.05) is 30.1 Å². The molecule has 4 nitrogen and oxygen atoms in total. The fraction of sp³-hybridized carbons (Fsp3) is 0.944. The lowest BCUT2D eigenvalue weighted by Crippen LogP contribution is -2.51. The van der Waals surface area contributed by atoms with Gasteiger partial charge in [-0.15, -0.1) is 0 Å². The minimum Gasteiger partial charge on any atom is -0.334 e. The molecule has 4 aliphatic rings. The maximum atomic E-state index is 13.1. The lowest BCUT2D eigenvalue weighted by atomic mass is 9.71. The Bertz CT molecular complexity index is 448. The van der Waals surface area contributed by atoms with Crippen LogP contribution in [-0.2, 0) is 4.79 Å². The molecule has 3 aliphatic heterocycles. The van der Waals surface area contributed by atoms with Crippen molar-refractivity contribution in [1.29, 1.82) is 0 Å². The highest BCUT2D eigenvalue weighted by Crippen LogP contribution is 2.52. The van der Waals surface area contributed by atoms with Crippen molar-refractivity contribution < 1.29 is 4.79 Å². The van der Waals surface area contributed by atoms with Crippen LogP contribution in [0.1, 0.15) is 51.9 Å². The Labute approximate surface area is 134 Å². The number of likely N-dealkylation sites (tertiary alicyclic amines) is 3. The molecular formula is C18H31N3O. The first-order valence-corrected chi connectivity index (χ1v) is 9.33. The molecule has 0 N–H and O–H groups in total. The zero-order valence-electron chi connectivity index (χ0n) is 14.3. The molecule has 4 heteroatoms. The fourth-order valence-electron chi connectivity index (χ4n) is 6.07. The van der Waals surface area contributed by atoms with E-state index in [0.29, 0.717) is 36.0 Å². The molecule has 4 rings (SSSR count). The molecule has 0 spiro atoms. The van der Waals surface area contributed by atoms with Gasteiger partial charge in [-0.25, -0.2) is 0 Å². The molecule has 1 aliphatic carbocycles. The van der Waals surface area contributed by atoms with Gasteiger partial charge in [0.1, 0.15) is 0 Å². The third-order valence-corrected chi connectivity index (χ3v) is 7.01. The molecule has 0 aromatic carbocycles. The van der Waals surface area contributed by atoms with Gasteiger partial charge in [0.05, 0.1) is 6.54 Å². The van der Waals surface area contributed by atoms with Crippen molar-refractivity contribution in [2.45, 2.75) is 70.0 Å². The second kappa shape index (κ2) is 5.48. The molecule has 124 valence electrons. The number of nitrogens with zero attached hydrogens (tertiary/aromatic N) is 3. The van der Waals surface area contributed by atoms with E-state index in [1.165, 1.54) is 44.9 Å². The van der Waals surface area contributed by atoms with Gasteiger partial charge in [0.2, 0.25) is 5.91 Å². The zero-order chi connectivity index (χ0) is 15.3. The van der Waals surface area contributed by atoms with Crippen molar-refractivity contribution in [1.82, 2.24) is 14.7 Å². The highest BCUT2D eigenvalue weighted by Gasteiger charge is 2.58. The minimum atomic E-state index is 0.328. The summed E-state index contributed by atoms with van der Waals surface area (Å²) < 4.78 is 0. The van der Waals surface area contributed by atoms with Crippen LogP contribution in [0.3, 0.4) is 0 Å². The number of amides is 1. The van der Waals surface area contributed by atoms with Gasteiger partial charge in [-0.3, -0.25) is 9.69 Å². The highest BCUT2D eigenvalue weighted by atomic mass is 16.2. The van der Waals surface area contributed by atoms with Crippen LogP contribution in [-0.4, -0.2) is 72.0 Å². The van der Waals surface area contributed by atoms with Gasteiger partial charge in [-0.1, -0.05) is 19.8 Å². The fourth-order valence-corrected chi connectivity index (χ4v) is 6.07. The van der Waals surface area contributed by atoms with E-state index < -0.39 is 0 Å².